The van der Waals surface area contributed by atoms with Crippen LogP contribution in [0.5, 0.6) is 0 Å². The smallest absolute Gasteiger partial charge is 0.249 e. The Kier molecular flexibility index (Phi) is 2.34. The summed E-state index contributed by atoms with van der Waals surface area (Å²) in [6.45, 7) is 0. The number of fused-ring (bicyclic) bond motifs is 1. The molecular weight excluding hydrogens is 228 g/mol. The van der Waals surface area contributed by atoms with Gasteiger partial charge < -0.3 is 10.2 Å². The lowest BCUT2D eigenvalue weighted by Gasteiger charge is -2.05. The molecule has 4 nitrogen and oxygen atoms in total. The minimum atomic E-state index is -0.471. The molecule has 1 amide bonds. The van der Waals surface area contributed by atoms with E-state index in [4.69, 9.17) is 10.2 Å². The summed E-state index contributed by atoms with van der Waals surface area (Å²) in [4.78, 5) is 16.0. The first kappa shape index (κ1) is 10.5. The van der Waals surface area contributed by atoms with Gasteiger partial charge in [0.15, 0.2) is 5.76 Å². The molecule has 0 bridgehead atoms. The highest BCUT2D eigenvalue weighted by atomic mass is 16.3. The summed E-state index contributed by atoms with van der Waals surface area (Å²) in [5.74, 6) is 0.143. The largest absolute Gasteiger partial charge is 0.463 e. The third-order valence-electron chi connectivity index (χ3n) is 2.76. The first-order valence-corrected chi connectivity index (χ1v) is 5.49. The second-order valence-electron chi connectivity index (χ2n) is 3.91. The molecule has 0 saturated heterocycles. The zero-order valence-electron chi connectivity index (χ0n) is 9.46. The van der Waals surface area contributed by atoms with Crippen molar-refractivity contribution in [3.63, 3.8) is 0 Å². The van der Waals surface area contributed by atoms with Crippen LogP contribution in [0.25, 0.3) is 22.4 Å². The quantitative estimate of drug-likeness (QED) is 0.746. The van der Waals surface area contributed by atoms with Crippen LogP contribution in [0.2, 0.25) is 0 Å². The Labute approximate surface area is 103 Å². The molecule has 2 heterocycles. The van der Waals surface area contributed by atoms with E-state index in [9.17, 15) is 4.79 Å². The van der Waals surface area contributed by atoms with Gasteiger partial charge in [-0.25, -0.2) is 4.98 Å². The fourth-order valence-electron chi connectivity index (χ4n) is 1.93. The van der Waals surface area contributed by atoms with E-state index in [1.165, 1.54) is 0 Å². The Morgan fingerprint density at radius 1 is 1.17 bits per heavy atom. The molecule has 0 spiro atoms. The number of carbonyl (C=O) groups excluding carboxylic acids is 1. The van der Waals surface area contributed by atoms with Crippen LogP contribution in [-0.2, 0) is 0 Å². The molecule has 0 aliphatic rings. The average Bonchev–Trinajstić information content (AvgIpc) is 2.91. The first-order chi connectivity index (χ1) is 8.75. The number of carbonyl (C=O) groups is 1. The van der Waals surface area contributed by atoms with Gasteiger partial charge in [0.2, 0.25) is 5.91 Å². The number of furan rings is 1. The summed E-state index contributed by atoms with van der Waals surface area (Å²) in [6, 6.07) is 12.6. The molecule has 2 aromatic heterocycles. The Balaban J connectivity index is 2.33. The van der Waals surface area contributed by atoms with Gasteiger partial charge in [0.25, 0.3) is 0 Å². The highest BCUT2D eigenvalue weighted by Gasteiger charge is 2.12. The summed E-state index contributed by atoms with van der Waals surface area (Å²) < 4.78 is 5.29. The third-order valence-corrected chi connectivity index (χ3v) is 2.76. The number of para-hydroxylation sites is 1. The molecule has 0 radical (unpaired) electrons. The molecular formula is C14H10N2O2. The molecule has 0 saturated carbocycles. The maximum Gasteiger partial charge on any atom is 0.249 e. The Hall–Kier alpha value is -2.62. The highest BCUT2D eigenvalue weighted by Crippen LogP contribution is 2.24. The van der Waals surface area contributed by atoms with Gasteiger partial charge in [-0.2, -0.15) is 0 Å². The number of hydrogen-bond acceptors (Lipinski definition) is 3. The lowest BCUT2D eigenvalue weighted by atomic mass is 10.1. The SMILES string of the molecule is NC(=O)c1cc(-c2ccco2)nc2ccccc12. The van der Waals surface area contributed by atoms with Crippen LogP contribution >= 0.6 is 0 Å². The van der Waals surface area contributed by atoms with Gasteiger partial charge in [-0.1, -0.05) is 18.2 Å². The van der Waals surface area contributed by atoms with E-state index in [2.05, 4.69) is 4.98 Å². The van der Waals surface area contributed by atoms with Crippen molar-refractivity contribution in [2.45, 2.75) is 0 Å². The highest BCUT2D eigenvalue weighted by molar-refractivity contribution is 6.06. The Morgan fingerprint density at radius 3 is 2.72 bits per heavy atom. The molecule has 3 aromatic rings. The standard InChI is InChI=1S/C14H10N2O2/c15-14(17)10-8-12(13-6-3-7-18-13)16-11-5-2-1-4-9(10)11/h1-8H,(H2,15,17). The van der Waals surface area contributed by atoms with Crippen LogP contribution in [0.3, 0.4) is 0 Å². The van der Waals surface area contributed by atoms with Crippen LogP contribution in [0.1, 0.15) is 10.4 Å². The van der Waals surface area contributed by atoms with E-state index in [-0.39, 0.29) is 0 Å². The minimum absolute atomic E-state index is 0.451. The summed E-state index contributed by atoms with van der Waals surface area (Å²) in [7, 11) is 0. The zero-order valence-corrected chi connectivity index (χ0v) is 9.46. The Morgan fingerprint density at radius 2 is 2.00 bits per heavy atom. The topological polar surface area (TPSA) is 69.1 Å². The van der Waals surface area contributed by atoms with E-state index >= 15 is 0 Å². The van der Waals surface area contributed by atoms with Crippen LogP contribution in [0.15, 0.2) is 53.1 Å². The molecule has 0 fully saturated rings. The molecule has 0 unspecified atom stereocenters. The summed E-state index contributed by atoms with van der Waals surface area (Å²) >= 11 is 0. The lowest BCUT2D eigenvalue weighted by molar-refractivity contribution is 0.100. The molecule has 0 aliphatic carbocycles. The normalized spacial score (nSPS) is 10.7. The van der Waals surface area contributed by atoms with Crippen molar-refractivity contribution >= 4 is 16.8 Å². The Bertz CT molecular complexity index is 718. The summed E-state index contributed by atoms with van der Waals surface area (Å²) in [5.41, 5.74) is 7.18. The predicted octanol–water partition coefficient (Wildman–Crippen LogP) is 2.59. The molecule has 0 atom stereocenters. The average molecular weight is 238 g/mol. The van der Waals surface area contributed by atoms with Gasteiger partial charge >= 0.3 is 0 Å². The van der Waals surface area contributed by atoms with E-state index < -0.39 is 5.91 Å². The van der Waals surface area contributed by atoms with Crippen molar-refractivity contribution in [3.05, 3.63) is 54.3 Å². The van der Waals surface area contributed by atoms with E-state index in [0.29, 0.717) is 17.0 Å². The van der Waals surface area contributed by atoms with E-state index in [1.54, 1.807) is 24.5 Å². The van der Waals surface area contributed by atoms with Crippen molar-refractivity contribution in [1.29, 1.82) is 0 Å². The number of nitrogens with zero attached hydrogens (tertiary/aromatic N) is 1. The van der Waals surface area contributed by atoms with Gasteiger partial charge in [0.1, 0.15) is 5.69 Å². The van der Waals surface area contributed by atoms with Gasteiger partial charge in [-0.05, 0) is 24.3 Å². The van der Waals surface area contributed by atoms with Crippen molar-refractivity contribution < 1.29 is 9.21 Å². The fraction of sp³-hybridized carbons (Fsp3) is 0. The van der Waals surface area contributed by atoms with Crippen LogP contribution in [0.4, 0.5) is 0 Å². The lowest BCUT2D eigenvalue weighted by Crippen LogP contribution is -2.12. The first-order valence-electron chi connectivity index (χ1n) is 5.49. The number of nitrogens with two attached hydrogens (primary N) is 1. The van der Waals surface area contributed by atoms with Crippen LogP contribution in [-0.4, -0.2) is 10.9 Å². The van der Waals surface area contributed by atoms with Crippen LogP contribution in [0, 0.1) is 0 Å². The summed E-state index contributed by atoms with van der Waals surface area (Å²) in [5, 5.41) is 0.750. The number of amides is 1. The van der Waals surface area contributed by atoms with E-state index in [0.717, 1.165) is 10.9 Å². The monoisotopic (exact) mass is 238 g/mol. The van der Waals surface area contributed by atoms with E-state index in [1.807, 2.05) is 24.3 Å². The minimum Gasteiger partial charge on any atom is -0.463 e. The molecule has 2 N–H and O–H groups in total. The van der Waals surface area contributed by atoms with Gasteiger partial charge in [0, 0.05) is 5.39 Å². The number of aromatic nitrogens is 1. The fourth-order valence-corrected chi connectivity index (χ4v) is 1.93. The van der Waals surface area contributed by atoms with Gasteiger partial charge in [-0.3, -0.25) is 4.79 Å². The number of benzene rings is 1. The van der Waals surface area contributed by atoms with Crippen LogP contribution < -0.4 is 5.73 Å². The molecule has 1 aromatic carbocycles. The molecule has 0 aliphatic heterocycles. The van der Waals surface area contributed by atoms with Gasteiger partial charge in [-0.15, -0.1) is 0 Å². The second-order valence-corrected chi connectivity index (χ2v) is 3.91. The van der Waals surface area contributed by atoms with Crippen molar-refractivity contribution in [2.24, 2.45) is 5.73 Å². The number of pyridine rings is 1. The van der Waals surface area contributed by atoms with Crippen molar-refractivity contribution in [3.8, 4) is 11.5 Å². The predicted molar refractivity (Wildman–Crippen MR) is 68.0 cm³/mol. The van der Waals surface area contributed by atoms with Crippen molar-refractivity contribution in [2.75, 3.05) is 0 Å². The summed E-state index contributed by atoms with van der Waals surface area (Å²) in [6.07, 6.45) is 1.57. The van der Waals surface area contributed by atoms with Gasteiger partial charge in [0.05, 0.1) is 17.3 Å². The molecule has 88 valence electrons. The number of rotatable bonds is 2. The van der Waals surface area contributed by atoms with Crippen molar-refractivity contribution in [1.82, 2.24) is 4.98 Å². The molecule has 4 heteroatoms. The number of hydrogen-bond donors (Lipinski definition) is 1. The molecule has 3 rings (SSSR count). The third kappa shape index (κ3) is 1.64. The molecule has 18 heavy (non-hydrogen) atoms. The maximum absolute atomic E-state index is 11.5. The maximum atomic E-state index is 11.5. The second kappa shape index (κ2) is 4.00. The number of primary amides is 1. The zero-order chi connectivity index (χ0) is 12.5.